The first kappa shape index (κ1) is 8.99. The maximum Gasteiger partial charge on any atom is 0.135 e. The number of hydrogen-bond donors (Lipinski definition) is 0. The minimum absolute atomic E-state index is 0.169. The Kier molecular flexibility index (Phi) is 2.11. The van der Waals surface area contributed by atoms with Gasteiger partial charge in [-0.05, 0) is 35.8 Å². The van der Waals surface area contributed by atoms with Gasteiger partial charge in [-0.2, -0.15) is 5.11 Å². The van der Waals surface area contributed by atoms with Crippen molar-refractivity contribution in [1.82, 2.24) is 0 Å². The molecule has 1 atom stereocenters. The normalized spacial score (nSPS) is 19.2. The Labute approximate surface area is 81.4 Å². The first-order valence-corrected chi connectivity index (χ1v) is 4.39. The molecule has 0 N–H and O–H groups in total. The first-order valence-electron chi connectivity index (χ1n) is 4.39. The molecule has 0 saturated heterocycles. The molecule has 4 heteroatoms. The molecule has 72 valence electrons. The van der Waals surface area contributed by atoms with Crippen molar-refractivity contribution < 1.29 is 4.39 Å². The Balaban J connectivity index is 2.49. The summed E-state index contributed by atoms with van der Waals surface area (Å²) in [5.74, 6) is -0.169. The molecule has 0 aromatic heterocycles. The molecule has 1 aromatic rings. The molecule has 0 amide bonds. The van der Waals surface area contributed by atoms with Crippen molar-refractivity contribution in [3.8, 4) is 0 Å². The Bertz CT molecular complexity index is 412. The minimum Gasteiger partial charge on any atom is -0.206 e. The second kappa shape index (κ2) is 3.29. The summed E-state index contributed by atoms with van der Waals surface area (Å²) >= 11 is 0. The van der Waals surface area contributed by atoms with Crippen LogP contribution in [-0.2, 0) is 0 Å². The van der Waals surface area contributed by atoms with E-state index in [4.69, 9.17) is 0 Å². The summed E-state index contributed by atoms with van der Waals surface area (Å²) in [6.45, 7) is 3.50. The predicted octanol–water partition coefficient (Wildman–Crippen LogP) is 2.94. The molecule has 3 nitrogen and oxygen atoms in total. The Hall–Kier alpha value is -1.58. The van der Waals surface area contributed by atoms with E-state index in [0.29, 0.717) is 11.1 Å². The monoisotopic (exact) mass is 191 g/mol. The van der Waals surface area contributed by atoms with E-state index < -0.39 is 0 Å². The van der Waals surface area contributed by atoms with Crippen molar-refractivity contribution in [1.29, 1.82) is 0 Å². The van der Waals surface area contributed by atoms with Crippen LogP contribution < -0.4 is 0 Å². The van der Waals surface area contributed by atoms with Crippen molar-refractivity contribution in [2.45, 2.75) is 19.9 Å². The van der Waals surface area contributed by atoms with Gasteiger partial charge >= 0.3 is 0 Å². The SMILES string of the molecule is Cc1ccc(C2C=NN=N2)c(C)c1F. The molecule has 0 aliphatic carbocycles. The van der Waals surface area contributed by atoms with Crippen LogP contribution in [0.1, 0.15) is 22.7 Å². The second-order valence-corrected chi connectivity index (χ2v) is 3.32. The van der Waals surface area contributed by atoms with Crippen LogP contribution in [0.15, 0.2) is 27.6 Å². The summed E-state index contributed by atoms with van der Waals surface area (Å²) in [4.78, 5) is 0. The Morgan fingerprint density at radius 2 is 2.07 bits per heavy atom. The number of aryl methyl sites for hydroxylation is 1. The van der Waals surface area contributed by atoms with Crippen molar-refractivity contribution in [2.75, 3.05) is 0 Å². The molecule has 1 aromatic carbocycles. The van der Waals surface area contributed by atoms with Crippen LogP contribution in [0.4, 0.5) is 4.39 Å². The largest absolute Gasteiger partial charge is 0.206 e. The van der Waals surface area contributed by atoms with Gasteiger partial charge in [0.2, 0.25) is 0 Å². The third-order valence-electron chi connectivity index (χ3n) is 2.38. The molecule has 1 aliphatic heterocycles. The molecule has 0 fully saturated rings. The van der Waals surface area contributed by atoms with Crippen LogP contribution in [-0.4, -0.2) is 6.21 Å². The quantitative estimate of drug-likeness (QED) is 0.654. The van der Waals surface area contributed by atoms with Crippen LogP contribution in [0, 0.1) is 19.7 Å². The van der Waals surface area contributed by atoms with Gasteiger partial charge in [0.25, 0.3) is 0 Å². The minimum atomic E-state index is -0.218. The van der Waals surface area contributed by atoms with Gasteiger partial charge in [-0.25, -0.2) is 4.39 Å². The van der Waals surface area contributed by atoms with Gasteiger partial charge in [0.05, 0.1) is 6.21 Å². The summed E-state index contributed by atoms with van der Waals surface area (Å²) in [7, 11) is 0. The molecule has 0 radical (unpaired) electrons. The molecule has 1 heterocycles. The van der Waals surface area contributed by atoms with Crippen LogP contribution in [0.3, 0.4) is 0 Å². The van der Waals surface area contributed by atoms with Gasteiger partial charge in [0, 0.05) is 0 Å². The van der Waals surface area contributed by atoms with Crippen LogP contribution >= 0.6 is 0 Å². The summed E-state index contributed by atoms with van der Waals surface area (Å²) in [5.41, 5.74) is 2.11. The standard InChI is InChI=1S/C10H10FN3/c1-6-3-4-8(7(2)10(6)11)9-5-12-14-13-9/h3-5,9H,1-2H3. The highest BCUT2D eigenvalue weighted by molar-refractivity contribution is 5.69. The summed E-state index contributed by atoms with van der Waals surface area (Å²) in [6, 6.07) is 3.40. The lowest BCUT2D eigenvalue weighted by Gasteiger charge is -2.09. The number of halogens is 1. The molecular weight excluding hydrogens is 181 g/mol. The summed E-state index contributed by atoms with van der Waals surface area (Å²) in [5, 5.41) is 11.0. The molecule has 0 spiro atoms. The van der Waals surface area contributed by atoms with Gasteiger partial charge in [0.15, 0.2) is 0 Å². The highest BCUT2D eigenvalue weighted by Gasteiger charge is 2.16. The fraction of sp³-hybridized carbons (Fsp3) is 0.300. The lowest BCUT2D eigenvalue weighted by Crippen LogP contribution is -2.00. The van der Waals surface area contributed by atoms with E-state index in [1.54, 1.807) is 26.1 Å². The van der Waals surface area contributed by atoms with Crippen molar-refractivity contribution >= 4 is 6.21 Å². The van der Waals surface area contributed by atoms with E-state index in [0.717, 1.165) is 5.56 Å². The highest BCUT2D eigenvalue weighted by Crippen LogP contribution is 2.25. The van der Waals surface area contributed by atoms with E-state index in [9.17, 15) is 4.39 Å². The lowest BCUT2D eigenvalue weighted by atomic mass is 10.00. The molecule has 14 heavy (non-hydrogen) atoms. The van der Waals surface area contributed by atoms with Gasteiger partial charge in [0.1, 0.15) is 11.9 Å². The smallest absolute Gasteiger partial charge is 0.135 e. The third kappa shape index (κ3) is 1.32. The van der Waals surface area contributed by atoms with E-state index in [2.05, 4.69) is 15.4 Å². The number of hydrogen-bond acceptors (Lipinski definition) is 3. The zero-order valence-electron chi connectivity index (χ0n) is 8.03. The topological polar surface area (TPSA) is 37.1 Å². The predicted molar refractivity (Wildman–Crippen MR) is 52.0 cm³/mol. The fourth-order valence-corrected chi connectivity index (χ4v) is 1.51. The molecule has 1 aliphatic rings. The number of benzene rings is 1. The van der Waals surface area contributed by atoms with Crippen LogP contribution in [0.5, 0.6) is 0 Å². The van der Waals surface area contributed by atoms with Crippen molar-refractivity contribution in [3.05, 3.63) is 34.6 Å². The van der Waals surface area contributed by atoms with E-state index in [-0.39, 0.29) is 11.9 Å². The Morgan fingerprint density at radius 1 is 1.29 bits per heavy atom. The molecule has 0 saturated carbocycles. The van der Waals surface area contributed by atoms with E-state index >= 15 is 0 Å². The molecular formula is C10H10FN3. The molecule has 1 unspecified atom stereocenters. The zero-order chi connectivity index (χ0) is 10.1. The number of rotatable bonds is 1. The van der Waals surface area contributed by atoms with Crippen LogP contribution in [0.2, 0.25) is 0 Å². The lowest BCUT2D eigenvalue weighted by molar-refractivity contribution is 0.605. The third-order valence-corrected chi connectivity index (χ3v) is 2.38. The molecule has 0 bridgehead atoms. The summed E-state index contributed by atoms with van der Waals surface area (Å²) < 4.78 is 13.5. The maximum absolute atomic E-state index is 13.5. The molecule has 2 rings (SSSR count). The van der Waals surface area contributed by atoms with E-state index in [1.165, 1.54) is 0 Å². The average molecular weight is 191 g/mol. The highest BCUT2D eigenvalue weighted by atomic mass is 19.1. The Morgan fingerprint density at radius 3 is 2.71 bits per heavy atom. The summed E-state index contributed by atoms with van der Waals surface area (Å²) in [6.07, 6.45) is 1.61. The first-order chi connectivity index (χ1) is 6.70. The second-order valence-electron chi connectivity index (χ2n) is 3.32. The maximum atomic E-state index is 13.5. The van der Waals surface area contributed by atoms with Gasteiger partial charge in [-0.15, -0.1) is 5.10 Å². The fourth-order valence-electron chi connectivity index (χ4n) is 1.51. The average Bonchev–Trinajstić information content (AvgIpc) is 2.67. The van der Waals surface area contributed by atoms with Crippen molar-refractivity contribution in [3.63, 3.8) is 0 Å². The van der Waals surface area contributed by atoms with Gasteiger partial charge < -0.3 is 0 Å². The van der Waals surface area contributed by atoms with Crippen LogP contribution in [0.25, 0.3) is 0 Å². The zero-order valence-corrected chi connectivity index (χ0v) is 8.03. The van der Waals surface area contributed by atoms with Gasteiger partial charge in [-0.3, -0.25) is 0 Å². The number of nitrogens with zero attached hydrogens (tertiary/aromatic N) is 3. The van der Waals surface area contributed by atoms with Gasteiger partial charge in [-0.1, -0.05) is 12.1 Å². The van der Waals surface area contributed by atoms with E-state index in [1.807, 2.05) is 6.07 Å². The van der Waals surface area contributed by atoms with Crippen molar-refractivity contribution in [2.24, 2.45) is 15.4 Å².